The molecule has 1 aromatic rings. The van der Waals surface area contributed by atoms with Gasteiger partial charge >= 0.3 is 0 Å². The summed E-state index contributed by atoms with van der Waals surface area (Å²) < 4.78 is 1.61. The number of nitrogens with one attached hydrogen (secondary N) is 2. The number of amides is 2. The number of aromatic nitrogens is 2. The molecule has 1 aliphatic carbocycles. The van der Waals surface area contributed by atoms with E-state index in [-0.39, 0.29) is 11.8 Å². The third kappa shape index (κ3) is 4.85. The predicted octanol–water partition coefficient (Wildman–Crippen LogP) is 3.97. The number of carbonyl (C=O) groups excluding carboxylic acids is 2. The second-order valence-electron chi connectivity index (χ2n) is 6.40. The quantitative estimate of drug-likeness (QED) is 0.504. The van der Waals surface area contributed by atoms with Crippen LogP contribution in [-0.4, -0.2) is 21.6 Å². The Morgan fingerprint density at radius 2 is 1.93 bits per heavy atom. The lowest BCUT2D eigenvalue weighted by molar-refractivity contribution is -0.133. The van der Waals surface area contributed by atoms with Crippen molar-refractivity contribution in [3.63, 3.8) is 0 Å². The summed E-state index contributed by atoms with van der Waals surface area (Å²) in [6.07, 6.45) is 16.6. The van der Waals surface area contributed by atoms with Crippen LogP contribution in [0.5, 0.6) is 0 Å². The molecule has 0 unspecified atom stereocenters. The molecule has 0 spiro atoms. The van der Waals surface area contributed by atoms with Crippen molar-refractivity contribution in [2.45, 2.75) is 26.7 Å². The second-order valence-corrected chi connectivity index (χ2v) is 6.40. The van der Waals surface area contributed by atoms with Crippen LogP contribution in [0.25, 0.3) is 5.70 Å². The van der Waals surface area contributed by atoms with Gasteiger partial charge in [-0.1, -0.05) is 43.5 Å². The molecule has 6 heteroatoms. The van der Waals surface area contributed by atoms with Crippen LogP contribution >= 0.6 is 0 Å². The smallest absolute Gasteiger partial charge is 0.241 e. The number of anilines is 1. The first-order chi connectivity index (χ1) is 13.5. The molecule has 2 amide bonds. The third-order valence-corrected chi connectivity index (χ3v) is 4.32. The van der Waals surface area contributed by atoms with Gasteiger partial charge in [0.15, 0.2) is 0 Å². The molecule has 28 heavy (non-hydrogen) atoms. The highest BCUT2D eigenvalue weighted by molar-refractivity contribution is 6.13. The van der Waals surface area contributed by atoms with Crippen LogP contribution in [0.4, 0.5) is 5.82 Å². The molecule has 1 fully saturated rings. The molecule has 0 atom stereocenters. The average molecular weight is 378 g/mol. The summed E-state index contributed by atoms with van der Waals surface area (Å²) in [7, 11) is 0. The topological polar surface area (TPSA) is 76.0 Å². The monoisotopic (exact) mass is 378 g/mol. The first kappa shape index (κ1) is 20.9. The van der Waals surface area contributed by atoms with E-state index in [9.17, 15) is 9.59 Å². The molecular formula is C22H26N4O2. The van der Waals surface area contributed by atoms with Crippen LogP contribution < -0.4 is 10.6 Å². The molecule has 1 aromatic heterocycles. The van der Waals surface area contributed by atoms with Gasteiger partial charge in [0.25, 0.3) is 0 Å². The van der Waals surface area contributed by atoms with Crippen molar-refractivity contribution >= 4 is 23.3 Å². The van der Waals surface area contributed by atoms with Gasteiger partial charge < -0.3 is 10.6 Å². The second kappa shape index (κ2) is 9.50. The van der Waals surface area contributed by atoms with Gasteiger partial charge in [0.2, 0.25) is 11.8 Å². The van der Waals surface area contributed by atoms with Gasteiger partial charge in [-0.15, -0.1) is 0 Å². The van der Waals surface area contributed by atoms with Crippen molar-refractivity contribution in [3.8, 4) is 0 Å². The van der Waals surface area contributed by atoms with Gasteiger partial charge in [-0.3, -0.25) is 9.59 Å². The minimum atomic E-state index is -1.06. The van der Waals surface area contributed by atoms with Crippen LogP contribution in [0, 0.1) is 5.41 Å². The molecule has 1 heterocycles. The summed E-state index contributed by atoms with van der Waals surface area (Å²) in [6.45, 7) is 11.0. The van der Waals surface area contributed by atoms with E-state index in [1.165, 1.54) is 0 Å². The number of carbonyl (C=O) groups is 2. The Hall–Kier alpha value is -3.41. The van der Waals surface area contributed by atoms with Gasteiger partial charge in [-0.05, 0) is 44.9 Å². The fourth-order valence-electron chi connectivity index (χ4n) is 2.64. The molecule has 1 aliphatic rings. The summed E-state index contributed by atoms with van der Waals surface area (Å²) in [5.74, 6) is -0.136. The van der Waals surface area contributed by atoms with E-state index in [1.807, 2.05) is 32.1 Å². The third-order valence-electron chi connectivity index (χ3n) is 4.32. The van der Waals surface area contributed by atoms with Crippen molar-refractivity contribution in [1.82, 2.24) is 15.1 Å². The van der Waals surface area contributed by atoms with Crippen molar-refractivity contribution in [3.05, 3.63) is 79.7 Å². The van der Waals surface area contributed by atoms with E-state index in [0.717, 1.165) is 5.70 Å². The maximum atomic E-state index is 12.9. The Morgan fingerprint density at radius 1 is 1.18 bits per heavy atom. The zero-order valence-corrected chi connectivity index (χ0v) is 16.3. The molecule has 0 saturated heterocycles. The first-order valence-corrected chi connectivity index (χ1v) is 9.07. The SMILES string of the molecule is C=C/C=C\C=C(/C)n1nccc1NC(=O)C1(C(=O)NC(/C=C\C)=C/C=C)CC1. The van der Waals surface area contributed by atoms with Gasteiger partial charge in [0.05, 0.1) is 6.20 Å². The molecule has 1 saturated carbocycles. The zero-order chi connectivity index (χ0) is 20.6. The lowest BCUT2D eigenvalue weighted by atomic mass is 10.0. The Kier molecular flexibility index (Phi) is 7.09. The maximum Gasteiger partial charge on any atom is 0.241 e. The summed E-state index contributed by atoms with van der Waals surface area (Å²) >= 11 is 0. The Morgan fingerprint density at radius 3 is 2.54 bits per heavy atom. The molecule has 0 aromatic carbocycles. The summed E-state index contributed by atoms with van der Waals surface area (Å²) in [5.41, 5.74) is 0.355. The Labute approximate surface area is 165 Å². The fraction of sp³-hybridized carbons (Fsp3) is 0.227. The van der Waals surface area contributed by atoms with Crippen LogP contribution in [0.3, 0.4) is 0 Å². The lowest BCUT2D eigenvalue weighted by Gasteiger charge is -2.16. The van der Waals surface area contributed by atoms with E-state index >= 15 is 0 Å². The van der Waals surface area contributed by atoms with E-state index in [0.29, 0.717) is 24.4 Å². The lowest BCUT2D eigenvalue weighted by Crippen LogP contribution is -2.39. The van der Waals surface area contributed by atoms with E-state index in [1.54, 1.807) is 47.3 Å². The average Bonchev–Trinajstić information content (AvgIpc) is 3.36. The number of allylic oxidation sites excluding steroid dienone is 9. The van der Waals surface area contributed by atoms with Crippen LogP contribution in [0.2, 0.25) is 0 Å². The first-order valence-electron chi connectivity index (χ1n) is 9.07. The van der Waals surface area contributed by atoms with Gasteiger partial charge in [0, 0.05) is 17.5 Å². The van der Waals surface area contributed by atoms with Crippen molar-refractivity contribution < 1.29 is 9.59 Å². The standard InChI is InChI=1S/C22H26N4O2/c1-5-8-9-12-17(4)26-19(13-16-23-26)25-21(28)22(14-15-22)20(27)24-18(10-6-2)11-7-3/h5-13,16H,1-2,14-15H2,3-4H3,(H,24,27)(H,25,28)/b9-8-,11-7-,17-12+,18-10+. The number of hydrogen-bond donors (Lipinski definition) is 2. The summed E-state index contributed by atoms with van der Waals surface area (Å²) in [5, 5.41) is 9.88. The van der Waals surface area contributed by atoms with Crippen LogP contribution in [0.1, 0.15) is 26.7 Å². The normalized spacial score (nSPS) is 16.2. The molecule has 0 aliphatic heterocycles. The molecule has 0 radical (unpaired) electrons. The zero-order valence-electron chi connectivity index (χ0n) is 16.3. The molecule has 6 nitrogen and oxygen atoms in total. The van der Waals surface area contributed by atoms with Gasteiger partial charge in [-0.2, -0.15) is 5.10 Å². The maximum absolute atomic E-state index is 12.9. The van der Waals surface area contributed by atoms with Gasteiger partial charge in [-0.25, -0.2) is 4.68 Å². The van der Waals surface area contributed by atoms with E-state index in [2.05, 4.69) is 28.9 Å². The molecule has 2 rings (SSSR count). The van der Waals surface area contributed by atoms with Crippen molar-refractivity contribution in [1.29, 1.82) is 0 Å². The highest BCUT2D eigenvalue weighted by atomic mass is 16.2. The highest BCUT2D eigenvalue weighted by Crippen LogP contribution is 2.47. The fourth-order valence-corrected chi connectivity index (χ4v) is 2.64. The highest BCUT2D eigenvalue weighted by Gasteiger charge is 2.56. The number of rotatable bonds is 9. The molecule has 146 valence electrons. The summed E-state index contributed by atoms with van der Waals surface area (Å²) in [4.78, 5) is 25.6. The van der Waals surface area contributed by atoms with Crippen LogP contribution in [-0.2, 0) is 9.59 Å². The number of hydrogen-bond acceptors (Lipinski definition) is 3. The minimum Gasteiger partial charge on any atom is -0.325 e. The predicted molar refractivity (Wildman–Crippen MR) is 113 cm³/mol. The number of nitrogens with zero attached hydrogens (tertiary/aromatic N) is 2. The van der Waals surface area contributed by atoms with Crippen molar-refractivity contribution in [2.24, 2.45) is 5.41 Å². The van der Waals surface area contributed by atoms with Gasteiger partial charge in [0.1, 0.15) is 11.2 Å². The Bertz CT molecular complexity index is 880. The molecule has 0 bridgehead atoms. The molecule has 2 N–H and O–H groups in total. The van der Waals surface area contributed by atoms with Crippen molar-refractivity contribution in [2.75, 3.05) is 5.32 Å². The summed E-state index contributed by atoms with van der Waals surface area (Å²) in [6, 6.07) is 1.70. The minimum absolute atomic E-state index is 0.316. The van der Waals surface area contributed by atoms with E-state index in [4.69, 9.17) is 0 Å². The largest absolute Gasteiger partial charge is 0.325 e. The molecular weight excluding hydrogens is 352 g/mol. The van der Waals surface area contributed by atoms with Crippen LogP contribution in [0.15, 0.2) is 79.7 Å². The Balaban J connectivity index is 2.14. The van der Waals surface area contributed by atoms with E-state index < -0.39 is 5.41 Å².